The van der Waals surface area contributed by atoms with Crippen LogP contribution in [0.25, 0.3) is 0 Å². The van der Waals surface area contributed by atoms with Crippen molar-refractivity contribution in [2.75, 3.05) is 0 Å². The van der Waals surface area contributed by atoms with Crippen molar-refractivity contribution in [1.82, 2.24) is 0 Å². The zero-order valence-corrected chi connectivity index (χ0v) is 15.3. The van der Waals surface area contributed by atoms with Crippen LogP contribution in [0.1, 0.15) is 67.9 Å². The Morgan fingerprint density at radius 3 is 2.15 bits per heavy atom. The molecule has 1 heterocycles. The van der Waals surface area contributed by atoms with Crippen molar-refractivity contribution in [1.29, 1.82) is 0 Å². The van der Waals surface area contributed by atoms with Crippen LogP contribution in [-0.2, 0) is 0 Å². The quantitative estimate of drug-likeness (QED) is 0.655. The van der Waals surface area contributed by atoms with Crippen LogP contribution < -0.4 is 0 Å². The van der Waals surface area contributed by atoms with Crippen LogP contribution in [0.3, 0.4) is 0 Å². The Morgan fingerprint density at radius 2 is 1.65 bits per heavy atom. The molecule has 2 rings (SSSR count). The molecule has 0 bridgehead atoms. The topological polar surface area (TPSA) is 20.2 Å². The Kier molecular flexibility index (Phi) is 5.26. The largest absolute Gasteiger partial charge is 0.384 e. The van der Waals surface area contributed by atoms with Gasteiger partial charge in [0.1, 0.15) is 6.10 Å². The third-order valence-corrected chi connectivity index (χ3v) is 5.40. The Hall–Kier alpha value is -0.390. The summed E-state index contributed by atoms with van der Waals surface area (Å²) in [5.41, 5.74) is 4.63. The first-order valence-electron chi connectivity index (χ1n) is 6.96. The summed E-state index contributed by atoms with van der Waals surface area (Å²) in [4.78, 5) is 0. The summed E-state index contributed by atoms with van der Waals surface area (Å²) >= 11 is 3.97. The lowest BCUT2D eigenvalue weighted by Crippen LogP contribution is -2.05. The van der Waals surface area contributed by atoms with Crippen LogP contribution in [0.5, 0.6) is 0 Å². The summed E-state index contributed by atoms with van der Waals surface area (Å²) in [5.74, 6) is 0.928. The molecule has 3 heteroatoms. The molecule has 0 aliphatic rings. The lowest BCUT2D eigenvalue weighted by atomic mass is 9.88. The standard InChI is InChI=1S/C17H21IOS/c1-10(2)12-5-6-14(15(7-12)11(3)4)17(19)13-8-16(18)20-9-13/h5-11,17,19H,1-4H3. The maximum atomic E-state index is 10.7. The Morgan fingerprint density at radius 1 is 0.950 bits per heavy atom. The summed E-state index contributed by atoms with van der Waals surface area (Å²) in [6.45, 7) is 8.79. The lowest BCUT2D eigenvalue weighted by Gasteiger charge is -2.19. The normalized spacial score (nSPS) is 13.2. The zero-order valence-electron chi connectivity index (χ0n) is 12.4. The van der Waals surface area contributed by atoms with E-state index in [0.29, 0.717) is 11.8 Å². The van der Waals surface area contributed by atoms with Crippen LogP contribution in [-0.4, -0.2) is 5.11 Å². The van der Waals surface area contributed by atoms with Crippen LogP contribution in [0.2, 0.25) is 0 Å². The molecule has 0 aliphatic heterocycles. The van der Waals surface area contributed by atoms with Gasteiger partial charge in [0.05, 0.1) is 2.88 Å². The minimum absolute atomic E-state index is 0.413. The second kappa shape index (κ2) is 6.58. The van der Waals surface area contributed by atoms with Gasteiger partial charge in [0.2, 0.25) is 0 Å². The van der Waals surface area contributed by atoms with Gasteiger partial charge in [-0.1, -0.05) is 45.9 Å². The third kappa shape index (κ3) is 3.43. The number of halogens is 1. The number of aliphatic hydroxyl groups is 1. The molecule has 0 fully saturated rings. The molecule has 0 aliphatic carbocycles. The molecule has 0 amide bonds. The molecule has 20 heavy (non-hydrogen) atoms. The number of aliphatic hydroxyl groups excluding tert-OH is 1. The highest BCUT2D eigenvalue weighted by molar-refractivity contribution is 14.1. The summed E-state index contributed by atoms with van der Waals surface area (Å²) in [6, 6.07) is 8.56. The van der Waals surface area contributed by atoms with Crippen molar-refractivity contribution in [2.24, 2.45) is 0 Å². The summed E-state index contributed by atoms with van der Waals surface area (Å²) in [7, 11) is 0. The highest BCUT2D eigenvalue weighted by atomic mass is 127. The molecular weight excluding hydrogens is 379 g/mol. The van der Waals surface area contributed by atoms with Crippen LogP contribution >= 0.6 is 33.9 Å². The molecule has 0 saturated heterocycles. The molecule has 2 aromatic rings. The van der Waals surface area contributed by atoms with Crippen molar-refractivity contribution in [2.45, 2.75) is 45.6 Å². The average Bonchev–Trinajstić information content (AvgIpc) is 2.83. The van der Waals surface area contributed by atoms with E-state index in [0.717, 1.165) is 11.1 Å². The fraction of sp³-hybridized carbons (Fsp3) is 0.412. The number of hydrogen-bond acceptors (Lipinski definition) is 2. The molecule has 1 nitrogen and oxygen atoms in total. The number of rotatable bonds is 4. The van der Waals surface area contributed by atoms with Gasteiger partial charge in [0, 0.05) is 0 Å². The molecule has 1 atom stereocenters. The molecule has 0 saturated carbocycles. The van der Waals surface area contributed by atoms with E-state index in [4.69, 9.17) is 0 Å². The Labute approximate surface area is 139 Å². The fourth-order valence-corrected chi connectivity index (χ4v) is 3.74. The average molecular weight is 400 g/mol. The molecular formula is C17H21IOS. The smallest absolute Gasteiger partial charge is 0.105 e. The summed E-state index contributed by atoms with van der Waals surface area (Å²) in [5, 5.41) is 12.7. The van der Waals surface area contributed by atoms with E-state index in [-0.39, 0.29) is 0 Å². The van der Waals surface area contributed by atoms with Gasteiger partial charge in [-0.05, 0) is 68.1 Å². The van der Waals surface area contributed by atoms with E-state index in [9.17, 15) is 5.11 Å². The van der Waals surface area contributed by atoms with Crippen molar-refractivity contribution in [3.8, 4) is 0 Å². The molecule has 1 unspecified atom stereocenters. The van der Waals surface area contributed by atoms with Crippen molar-refractivity contribution in [3.63, 3.8) is 0 Å². The second-order valence-electron chi connectivity index (χ2n) is 5.78. The molecule has 1 aromatic carbocycles. The first-order valence-corrected chi connectivity index (χ1v) is 8.91. The highest BCUT2D eigenvalue weighted by Gasteiger charge is 2.18. The van der Waals surface area contributed by atoms with Crippen molar-refractivity contribution >= 4 is 33.9 Å². The molecule has 0 spiro atoms. The second-order valence-corrected chi connectivity index (χ2v) is 8.59. The number of hydrogen-bond donors (Lipinski definition) is 1. The van der Waals surface area contributed by atoms with Crippen molar-refractivity contribution < 1.29 is 5.11 Å². The van der Waals surface area contributed by atoms with Gasteiger partial charge in [0.15, 0.2) is 0 Å². The van der Waals surface area contributed by atoms with Crippen LogP contribution in [0.4, 0.5) is 0 Å². The van der Waals surface area contributed by atoms with Crippen LogP contribution in [0.15, 0.2) is 29.6 Å². The zero-order chi connectivity index (χ0) is 14.9. The van der Waals surface area contributed by atoms with Gasteiger partial charge in [-0.2, -0.15) is 0 Å². The molecule has 0 radical (unpaired) electrons. The van der Waals surface area contributed by atoms with E-state index < -0.39 is 6.10 Å². The number of thiophene rings is 1. The van der Waals surface area contributed by atoms with Gasteiger partial charge in [-0.25, -0.2) is 0 Å². The minimum Gasteiger partial charge on any atom is -0.384 e. The van der Waals surface area contributed by atoms with E-state index in [2.05, 4.69) is 74.6 Å². The van der Waals surface area contributed by atoms with Crippen LogP contribution in [0, 0.1) is 2.88 Å². The van der Waals surface area contributed by atoms with E-state index >= 15 is 0 Å². The predicted molar refractivity (Wildman–Crippen MR) is 95.7 cm³/mol. The first-order chi connectivity index (χ1) is 9.40. The van der Waals surface area contributed by atoms with E-state index in [1.807, 2.05) is 5.38 Å². The predicted octanol–water partition coefficient (Wildman–Crippen LogP) is 5.68. The number of benzene rings is 1. The summed E-state index contributed by atoms with van der Waals surface area (Å²) < 4.78 is 1.21. The van der Waals surface area contributed by atoms with Gasteiger partial charge in [0.25, 0.3) is 0 Å². The first kappa shape index (κ1) is 16.0. The SMILES string of the molecule is CC(C)c1ccc(C(O)c2csc(I)c2)c(C(C)C)c1. The monoisotopic (exact) mass is 400 g/mol. The molecule has 108 valence electrons. The fourth-order valence-electron chi connectivity index (χ4n) is 2.35. The van der Waals surface area contributed by atoms with E-state index in [1.54, 1.807) is 11.3 Å². The molecule has 1 N–H and O–H groups in total. The van der Waals surface area contributed by atoms with Crippen molar-refractivity contribution in [3.05, 3.63) is 54.8 Å². The highest BCUT2D eigenvalue weighted by Crippen LogP contribution is 2.33. The lowest BCUT2D eigenvalue weighted by molar-refractivity contribution is 0.219. The van der Waals surface area contributed by atoms with Gasteiger partial charge in [-0.3, -0.25) is 0 Å². The van der Waals surface area contributed by atoms with E-state index in [1.165, 1.54) is 14.0 Å². The summed E-state index contributed by atoms with van der Waals surface area (Å²) in [6.07, 6.45) is -0.520. The van der Waals surface area contributed by atoms with Gasteiger partial charge >= 0.3 is 0 Å². The maximum absolute atomic E-state index is 10.7. The third-order valence-electron chi connectivity index (χ3n) is 3.60. The minimum atomic E-state index is -0.520. The molecule has 1 aromatic heterocycles. The van der Waals surface area contributed by atoms with Gasteiger partial charge in [-0.15, -0.1) is 11.3 Å². The Balaban J connectivity index is 2.45. The van der Waals surface area contributed by atoms with Gasteiger partial charge < -0.3 is 5.11 Å². The Bertz CT molecular complexity index is 586. The maximum Gasteiger partial charge on any atom is 0.105 e.